The Morgan fingerprint density at radius 2 is 1.73 bits per heavy atom. The molecule has 0 fully saturated rings. The van der Waals surface area contributed by atoms with Crippen molar-refractivity contribution in [3.63, 3.8) is 0 Å². The number of carbonyl (C=O) groups is 4. The molecular formula is C21H18N2O7. The second kappa shape index (κ2) is 7.86. The van der Waals surface area contributed by atoms with Crippen LogP contribution in [0.1, 0.15) is 33.2 Å². The van der Waals surface area contributed by atoms with Crippen molar-refractivity contribution < 1.29 is 33.4 Å². The van der Waals surface area contributed by atoms with Crippen molar-refractivity contribution in [3.8, 4) is 11.5 Å². The first kappa shape index (κ1) is 19.4. The van der Waals surface area contributed by atoms with Crippen molar-refractivity contribution >= 4 is 23.7 Å². The lowest BCUT2D eigenvalue weighted by atomic mass is 10.1. The lowest BCUT2D eigenvalue weighted by molar-refractivity contribution is -0.151. The lowest BCUT2D eigenvalue weighted by Gasteiger charge is -2.20. The number of nitrogens with one attached hydrogen (secondary N) is 1. The molecule has 1 N–H and O–H groups in total. The third kappa shape index (κ3) is 3.57. The standard InChI is InChI=1S/C21H18N2O7/c1-12(23-19(25)14-4-2-3-5-15(14)20(23)26)21(27)28-10-18(24)22-9-13-6-7-16-17(8-13)30-11-29-16/h2-8,12H,9-11H2,1H3,(H,22,24)/t12-/m1/s1. The molecule has 3 amide bonds. The first-order chi connectivity index (χ1) is 14.5. The van der Waals surface area contributed by atoms with Gasteiger partial charge >= 0.3 is 5.97 Å². The number of amides is 3. The summed E-state index contributed by atoms with van der Waals surface area (Å²) in [5, 5.41) is 2.63. The highest BCUT2D eigenvalue weighted by molar-refractivity contribution is 6.22. The van der Waals surface area contributed by atoms with Gasteiger partial charge in [-0.15, -0.1) is 0 Å². The first-order valence-electron chi connectivity index (χ1n) is 9.24. The van der Waals surface area contributed by atoms with E-state index in [1.807, 2.05) is 0 Å². The van der Waals surface area contributed by atoms with Crippen molar-refractivity contribution in [1.29, 1.82) is 0 Å². The van der Waals surface area contributed by atoms with Gasteiger partial charge in [0.1, 0.15) is 6.04 Å². The Morgan fingerprint density at radius 3 is 2.43 bits per heavy atom. The van der Waals surface area contributed by atoms with Crippen LogP contribution in [0.5, 0.6) is 11.5 Å². The number of imide groups is 1. The van der Waals surface area contributed by atoms with Crippen LogP contribution in [0, 0.1) is 0 Å². The highest BCUT2D eigenvalue weighted by atomic mass is 16.7. The number of rotatable bonds is 6. The predicted molar refractivity (Wildman–Crippen MR) is 102 cm³/mol. The molecule has 4 rings (SSSR count). The number of ether oxygens (including phenoxy) is 3. The van der Waals surface area contributed by atoms with Gasteiger partial charge in [0, 0.05) is 6.54 Å². The van der Waals surface area contributed by atoms with Gasteiger partial charge in [0.15, 0.2) is 18.1 Å². The molecule has 2 aliphatic heterocycles. The van der Waals surface area contributed by atoms with Gasteiger partial charge in [0.2, 0.25) is 6.79 Å². The van der Waals surface area contributed by atoms with Crippen LogP contribution in [-0.4, -0.2) is 48.0 Å². The van der Waals surface area contributed by atoms with Crippen LogP contribution in [0.2, 0.25) is 0 Å². The predicted octanol–water partition coefficient (Wildman–Crippen LogP) is 1.26. The average Bonchev–Trinajstić information content (AvgIpc) is 3.32. The van der Waals surface area contributed by atoms with E-state index in [0.717, 1.165) is 10.5 Å². The van der Waals surface area contributed by atoms with Crippen LogP contribution in [0.3, 0.4) is 0 Å². The number of nitrogens with zero attached hydrogens (tertiary/aromatic N) is 1. The SMILES string of the molecule is C[C@H](C(=O)OCC(=O)NCc1ccc2c(c1)OCO2)N1C(=O)c2ccccc2C1=O. The topological polar surface area (TPSA) is 111 Å². The van der Waals surface area contributed by atoms with Crippen LogP contribution in [0.15, 0.2) is 42.5 Å². The Labute approximate surface area is 171 Å². The van der Waals surface area contributed by atoms with Gasteiger partial charge in [-0.05, 0) is 36.8 Å². The zero-order valence-corrected chi connectivity index (χ0v) is 16.0. The van der Waals surface area contributed by atoms with Crippen molar-refractivity contribution in [3.05, 3.63) is 59.2 Å². The third-order valence-electron chi connectivity index (χ3n) is 4.83. The molecule has 0 spiro atoms. The van der Waals surface area contributed by atoms with E-state index < -0.39 is 36.3 Å². The van der Waals surface area contributed by atoms with E-state index in [1.165, 1.54) is 19.1 Å². The van der Waals surface area contributed by atoms with E-state index in [0.29, 0.717) is 11.5 Å². The van der Waals surface area contributed by atoms with Gasteiger partial charge in [-0.3, -0.25) is 19.3 Å². The van der Waals surface area contributed by atoms with Crippen LogP contribution in [0.4, 0.5) is 0 Å². The molecule has 0 saturated carbocycles. The molecule has 0 aromatic heterocycles. The molecule has 0 radical (unpaired) electrons. The highest BCUT2D eigenvalue weighted by Gasteiger charge is 2.41. The van der Waals surface area contributed by atoms with Crippen LogP contribution in [0.25, 0.3) is 0 Å². The Morgan fingerprint density at radius 1 is 1.07 bits per heavy atom. The van der Waals surface area contributed by atoms with Crippen LogP contribution < -0.4 is 14.8 Å². The molecule has 9 nitrogen and oxygen atoms in total. The van der Waals surface area contributed by atoms with Crippen molar-refractivity contribution in [2.24, 2.45) is 0 Å². The van der Waals surface area contributed by atoms with E-state index in [2.05, 4.69) is 5.32 Å². The number of fused-ring (bicyclic) bond motifs is 2. The fourth-order valence-corrected chi connectivity index (χ4v) is 3.22. The molecule has 30 heavy (non-hydrogen) atoms. The summed E-state index contributed by atoms with van der Waals surface area (Å²) in [5.41, 5.74) is 1.27. The number of hydrogen-bond acceptors (Lipinski definition) is 7. The minimum absolute atomic E-state index is 0.159. The molecule has 2 aliphatic rings. The molecule has 0 bridgehead atoms. The van der Waals surface area contributed by atoms with Crippen molar-refractivity contribution in [2.45, 2.75) is 19.5 Å². The number of carbonyl (C=O) groups excluding carboxylic acids is 4. The van der Waals surface area contributed by atoms with E-state index in [-0.39, 0.29) is 24.5 Å². The average molecular weight is 410 g/mol. The summed E-state index contributed by atoms with van der Waals surface area (Å²) in [7, 11) is 0. The van der Waals surface area contributed by atoms with Gasteiger partial charge in [-0.1, -0.05) is 18.2 Å². The molecule has 0 saturated heterocycles. The molecule has 2 aromatic rings. The zero-order valence-electron chi connectivity index (χ0n) is 16.0. The van der Waals surface area contributed by atoms with Gasteiger partial charge in [-0.25, -0.2) is 4.79 Å². The molecule has 9 heteroatoms. The largest absolute Gasteiger partial charge is 0.454 e. The van der Waals surface area contributed by atoms with Gasteiger partial charge in [0.05, 0.1) is 11.1 Å². The molecule has 2 heterocycles. The summed E-state index contributed by atoms with van der Waals surface area (Å²) in [5.74, 6) is -1.25. The number of benzene rings is 2. The summed E-state index contributed by atoms with van der Waals surface area (Å²) in [4.78, 5) is 50.0. The Hall–Kier alpha value is -3.88. The summed E-state index contributed by atoms with van der Waals surface area (Å²) < 4.78 is 15.5. The van der Waals surface area contributed by atoms with Gasteiger partial charge in [0.25, 0.3) is 17.7 Å². The first-order valence-corrected chi connectivity index (χ1v) is 9.24. The van der Waals surface area contributed by atoms with Crippen molar-refractivity contribution in [2.75, 3.05) is 13.4 Å². The quantitative estimate of drug-likeness (QED) is 0.564. The second-order valence-electron chi connectivity index (χ2n) is 6.77. The molecular weight excluding hydrogens is 392 g/mol. The summed E-state index contributed by atoms with van der Waals surface area (Å²) in [6, 6.07) is 10.5. The summed E-state index contributed by atoms with van der Waals surface area (Å²) >= 11 is 0. The second-order valence-corrected chi connectivity index (χ2v) is 6.77. The van der Waals surface area contributed by atoms with Crippen LogP contribution in [-0.2, 0) is 20.9 Å². The maximum Gasteiger partial charge on any atom is 0.329 e. The van der Waals surface area contributed by atoms with E-state index in [9.17, 15) is 19.2 Å². The fourth-order valence-electron chi connectivity index (χ4n) is 3.22. The Balaban J connectivity index is 1.28. The molecule has 154 valence electrons. The zero-order chi connectivity index (χ0) is 21.3. The summed E-state index contributed by atoms with van der Waals surface area (Å²) in [6.07, 6.45) is 0. The van der Waals surface area contributed by atoms with Gasteiger partial charge < -0.3 is 19.5 Å². The van der Waals surface area contributed by atoms with E-state index in [1.54, 1.807) is 30.3 Å². The van der Waals surface area contributed by atoms with Crippen LogP contribution >= 0.6 is 0 Å². The number of hydrogen-bond donors (Lipinski definition) is 1. The Bertz CT molecular complexity index is 1010. The van der Waals surface area contributed by atoms with E-state index >= 15 is 0 Å². The maximum absolute atomic E-state index is 12.4. The minimum atomic E-state index is -1.15. The van der Waals surface area contributed by atoms with Gasteiger partial charge in [-0.2, -0.15) is 0 Å². The Kier molecular flexibility index (Phi) is 5.09. The fraction of sp³-hybridized carbons (Fsp3) is 0.238. The third-order valence-corrected chi connectivity index (χ3v) is 4.83. The minimum Gasteiger partial charge on any atom is -0.454 e. The summed E-state index contributed by atoms with van der Waals surface area (Å²) in [6.45, 7) is 1.22. The molecule has 0 unspecified atom stereocenters. The monoisotopic (exact) mass is 410 g/mol. The lowest BCUT2D eigenvalue weighted by Crippen LogP contribution is -2.44. The molecule has 0 aliphatic carbocycles. The maximum atomic E-state index is 12.4. The normalized spacial score (nSPS) is 15.0. The molecule has 1 atom stereocenters. The highest BCUT2D eigenvalue weighted by Crippen LogP contribution is 2.32. The van der Waals surface area contributed by atoms with E-state index in [4.69, 9.17) is 14.2 Å². The smallest absolute Gasteiger partial charge is 0.329 e. The number of esters is 1. The van der Waals surface area contributed by atoms with Crippen molar-refractivity contribution in [1.82, 2.24) is 10.2 Å². The molecule has 2 aromatic carbocycles.